The Bertz CT molecular complexity index is 635. The number of hydrogen-bond acceptors (Lipinski definition) is 4. The van der Waals surface area contributed by atoms with Crippen LogP contribution in [0, 0.1) is 5.92 Å². The van der Waals surface area contributed by atoms with E-state index in [2.05, 4.69) is 10.3 Å². The number of ketones is 1. The average molecular weight is 315 g/mol. The molecule has 3 rings (SSSR count). The lowest BCUT2D eigenvalue weighted by Crippen LogP contribution is -2.42. The Morgan fingerprint density at radius 1 is 1.18 bits per heavy atom. The van der Waals surface area contributed by atoms with Crippen molar-refractivity contribution < 1.29 is 9.59 Å². The number of carbonyl (C=O) groups is 2. The van der Waals surface area contributed by atoms with Crippen molar-refractivity contribution in [2.24, 2.45) is 5.92 Å². The van der Waals surface area contributed by atoms with Crippen molar-refractivity contribution in [3.05, 3.63) is 47.5 Å². The van der Waals surface area contributed by atoms with E-state index < -0.39 is 0 Å². The van der Waals surface area contributed by atoms with E-state index in [9.17, 15) is 9.59 Å². The lowest BCUT2D eigenvalue weighted by Gasteiger charge is -2.31. The van der Waals surface area contributed by atoms with Crippen LogP contribution in [0.5, 0.6) is 0 Å². The van der Waals surface area contributed by atoms with Gasteiger partial charge < -0.3 is 4.90 Å². The fourth-order valence-corrected chi connectivity index (χ4v) is 3.16. The molecule has 22 heavy (non-hydrogen) atoms. The van der Waals surface area contributed by atoms with E-state index in [0.717, 1.165) is 5.56 Å². The Hall–Kier alpha value is -2.21. The highest BCUT2D eigenvalue weighted by Gasteiger charge is 2.28. The standard InChI is InChI=1S/C16H17N3O2S/c20-14(12-4-2-1-3-5-12)13-6-9-19(10-7-13)16(21)18-15-17-8-11-22-15/h1-5,8,11,13H,6-7,9-10H2,(H,17,18,21). The monoisotopic (exact) mass is 315 g/mol. The van der Waals surface area contributed by atoms with Gasteiger partial charge in [0, 0.05) is 36.1 Å². The Labute approximate surface area is 133 Å². The van der Waals surface area contributed by atoms with E-state index in [1.54, 1.807) is 11.1 Å². The second kappa shape index (κ2) is 6.70. The molecule has 0 bridgehead atoms. The van der Waals surface area contributed by atoms with Gasteiger partial charge in [0.2, 0.25) is 0 Å². The highest BCUT2D eigenvalue weighted by atomic mass is 32.1. The second-order valence-corrected chi connectivity index (χ2v) is 6.15. The maximum Gasteiger partial charge on any atom is 0.323 e. The number of benzene rings is 1. The van der Waals surface area contributed by atoms with Crippen LogP contribution in [-0.4, -0.2) is 34.8 Å². The summed E-state index contributed by atoms with van der Waals surface area (Å²) in [5, 5.41) is 5.20. The number of rotatable bonds is 3. The van der Waals surface area contributed by atoms with Crippen LogP contribution in [0.4, 0.5) is 9.93 Å². The zero-order valence-electron chi connectivity index (χ0n) is 12.1. The molecule has 1 aliphatic rings. The second-order valence-electron chi connectivity index (χ2n) is 5.26. The minimum Gasteiger partial charge on any atom is -0.324 e. The van der Waals surface area contributed by atoms with Gasteiger partial charge in [0.15, 0.2) is 10.9 Å². The Balaban J connectivity index is 1.54. The number of urea groups is 1. The molecule has 1 aromatic heterocycles. The van der Waals surface area contributed by atoms with E-state index in [0.29, 0.717) is 31.1 Å². The van der Waals surface area contributed by atoms with Crippen LogP contribution >= 0.6 is 11.3 Å². The number of nitrogens with zero attached hydrogens (tertiary/aromatic N) is 2. The van der Waals surface area contributed by atoms with Crippen molar-refractivity contribution in [1.29, 1.82) is 0 Å². The van der Waals surface area contributed by atoms with Crippen molar-refractivity contribution in [3.63, 3.8) is 0 Å². The molecule has 0 unspecified atom stereocenters. The summed E-state index contributed by atoms with van der Waals surface area (Å²) in [6, 6.07) is 9.23. The SMILES string of the molecule is O=C(c1ccccc1)C1CCN(C(=O)Nc2nccs2)CC1. The normalized spacial score (nSPS) is 15.5. The number of thiazole rings is 1. The van der Waals surface area contributed by atoms with Gasteiger partial charge in [-0.1, -0.05) is 30.3 Å². The number of nitrogens with one attached hydrogen (secondary N) is 1. The van der Waals surface area contributed by atoms with Gasteiger partial charge in [0.05, 0.1) is 0 Å². The molecule has 1 aromatic carbocycles. The van der Waals surface area contributed by atoms with Gasteiger partial charge in [-0.2, -0.15) is 0 Å². The predicted octanol–water partition coefficient (Wildman–Crippen LogP) is 3.27. The number of hydrogen-bond donors (Lipinski definition) is 1. The smallest absolute Gasteiger partial charge is 0.323 e. The van der Waals surface area contributed by atoms with Crippen molar-refractivity contribution >= 4 is 28.3 Å². The average Bonchev–Trinajstić information content (AvgIpc) is 3.08. The number of amides is 2. The highest BCUT2D eigenvalue weighted by molar-refractivity contribution is 7.13. The topological polar surface area (TPSA) is 62.3 Å². The van der Waals surface area contributed by atoms with E-state index in [1.165, 1.54) is 11.3 Å². The van der Waals surface area contributed by atoms with Crippen molar-refractivity contribution in [2.75, 3.05) is 18.4 Å². The molecular formula is C16H17N3O2S. The van der Waals surface area contributed by atoms with Gasteiger partial charge in [-0.15, -0.1) is 11.3 Å². The van der Waals surface area contributed by atoms with Crippen LogP contribution in [0.3, 0.4) is 0 Å². The van der Waals surface area contributed by atoms with E-state index in [1.807, 2.05) is 35.7 Å². The number of carbonyl (C=O) groups excluding carboxylic acids is 2. The molecule has 0 aliphatic carbocycles. The third kappa shape index (κ3) is 3.33. The van der Waals surface area contributed by atoms with Crippen LogP contribution in [0.15, 0.2) is 41.9 Å². The molecule has 1 aliphatic heterocycles. The summed E-state index contributed by atoms with van der Waals surface area (Å²) in [5.41, 5.74) is 0.758. The van der Waals surface area contributed by atoms with Crippen molar-refractivity contribution in [3.8, 4) is 0 Å². The summed E-state index contributed by atoms with van der Waals surface area (Å²) in [6.07, 6.45) is 3.07. The van der Waals surface area contributed by atoms with Gasteiger partial charge in [0.25, 0.3) is 0 Å². The number of piperidine rings is 1. The molecular weight excluding hydrogens is 298 g/mol. The molecule has 0 spiro atoms. The fourth-order valence-electron chi connectivity index (χ4n) is 2.64. The van der Waals surface area contributed by atoms with Crippen LogP contribution in [0.25, 0.3) is 0 Å². The summed E-state index contributed by atoms with van der Waals surface area (Å²) in [4.78, 5) is 30.3. The van der Waals surface area contributed by atoms with Crippen molar-refractivity contribution in [1.82, 2.24) is 9.88 Å². The Morgan fingerprint density at radius 2 is 1.91 bits per heavy atom. The lowest BCUT2D eigenvalue weighted by atomic mass is 9.89. The molecule has 6 heteroatoms. The molecule has 1 fully saturated rings. The molecule has 5 nitrogen and oxygen atoms in total. The Kier molecular flexibility index (Phi) is 4.48. The summed E-state index contributed by atoms with van der Waals surface area (Å²) >= 11 is 1.39. The number of likely N-dealkylation sites (tertiary alicyclic amines) is 1. The molecule has 1 N–H and O–H groups in total. The molecule has 2 amide bonds. The first-order valence-electron chi connectivity index (χ1n) is 7.29. The predicted molar refractivity (Wildman–Crippen MR) is 86.2 cm³/mol. The molecule has 2 aromatic rings. The first kappa shape index (κ1) is 14.7. The first-order chi connectivity index (χ1) is 10.7. The van der Waals surface area contributed by atoms with Crippen LogP contribution in [-0.2, 0) is 0 Å². The van der Waals surface area contributed by atoms with Crippen molar-refractivity contribution in [2.45, 2.75) is 12.8 Å². The van der Waals surface area contributed by atoms with E-state index >= 15 is 0 Å². The zero-order chi connectivity index (χ0) is 15.4. The molecule has 0 saturated carbocycles. The largest absolute Gasteiger partial charge is 0.324 e. The first-order valence-corrected chi connectivity index (χ1v) is 8.16. The summed E-state index contributed by atoms with van der Waals surface area (Å²) in [7, 11) is 0. The van der Waals surface area contributed by atoms with Gasteiger partial charge in [-0.05, 0) is 12.8 Å². The maximum absolute atomic E-state index is 12.4. The number of aromatic nitrogens is 1. The molecule has 0 atom stereocenters. The number of anilines is 1. The van der Waals surface area contributed by atoms with Gasteiger partial charge in [0.1, 0.15) is 0 Å². The van der Waals surface area contributed by atoms with Gasteiger partial charge in [-0.3, -0.25) is 10.1 Å². The zero-order valence-corrected chi connectivity index (χ0v) is 12.9. The third-order valence-electron chi connectivity index (χ3n) is 3.86. The fraction of sp³-hybridized carbons (Fsp3) is 0.312. The highest BCUT2D eigenvalue weighted by Crippen LogP contribution is 2.22. The minimum atomic E-state index is -0.138. The van der Waals surface area contributed by atoms with Gasteiger partial charge in [-0.25, -0.2) is 9.78 Å². The molecule has 114 valence electrons. The lowest BCUT2D eigenvalue weighted by molar-refractivity contribution is 0.0859. The van der Waals surface area contributed by atoms with Crippen LogP contribution in [0.2, 0.25) is 0 Å². The van der Waals surface area contributed by atoms with E-state index in [-0.39, 0.29) is 17.7 Å². The minimum absolute atomic E-state index is 0.00585. The third-order valence-corrected chi connectivity index (χ3v) is 4.55. The van der Waals surface area contributed by atoms with Crippen LogP contribution in [0.1, 0.15) is 23.2 Å². The van der Waals surface area contributed by atoms with E-state index in [4.69, 9.17) is 0 Å². The number of Topliss-reactive ketones (excluding diaryl/α,β-unsaturated/α-hetero) is 1. The summed E-state index contributed by atoms with van der Waals surface area (Å²) in [5.74, 6) is 0.187. The quantitative estimate of drug-likeness (QED) is 0.884. The molecule has 0 radical (unpaired) electrons. The maximum atomic E-state index is 12.4. The molecule has 1 saturated heterocycles. The Morgan fingerprint density at radius 3 is 2.55 bits per heavy atom. The summed E-state index contributed by atoms with van der Waals surface area (Å²) in [6.45, 7) is 1.20. The molecule has 2 heterocycles. The van der Waals surface area contributed by atoms with Crippen LogP contribution < -0.4 is 5.32 Å². The van der Waals surface area contributed by atoms with Gasteiger partial charge >= 0.3 is 6.03 Å². The summed E-state index contributed by atoms with van der Waals surface area (Å²) < 4.78 is 0.